The van der Waals surface area contributed by atoms with Crippen molar-refractivity contribution in [1.29, 1.82) is 0 Å². The summed E-state index contributed by atoms with van der Waals surface area (Å²) < 4.78 is 26.2. The smallest absolute Gasteiger partial charge is 0.178 e. The highest BCUT2D eigenvalue weighted by Crippen LogP contribution is 2.64. The summed E-state index contributed by atoms with van der Waals surface area (Å²) >= 11 is 0. The molecule has 2 saturated carbocycles. The molecule has 1 aromatic carbocycles. The van der Waals surface area contributed by atoms with Gasteiger partial charge in [-0.1, -0.05) is 57.5 Å². The van der Waals surface area contributed by atoms with Crippen molar-refractivity contribution in [3.63, 3.8) is 0 Å². The van der Waals surface area contributed by atoms with Gasteiger partial charge in [-0.3, -0.25) is 0 Å². The highest BCUT2D eigenvalue weighted by atomic mass is 32.2. The van der Waals surface area contributed by atoms with Gasteiger partial charge in [0, 0.05) is 0 Å². The van der Waals surface area contributed by atoms with Crippen molar-refractivity contribution in [2.24, 2.45) is 40.9 Å². The number of sulfone groups is 1. The van der Waals surface area contributed by atoms with Crippen LogP contribution in [0, 0.1) is 40.9 Å². The molecule has 4 heteroatoms. The van der Waals surface area contributed by atoms with Gasteiger partial charge in [0.2, 0.25) is 0 Å². The van der Waals surface area contributed by atoms with Crippen LogP contribution in [0.2, 0.25) is 0 Å². The van der Waals surface area contributed by atoms with Gasteiger partial charge in [-0.15, -0.1) is 0 Å². The Hall–Kier alpha value is -1.13. The molecule has 0 unspecified atom stereocenters. The first-order valence-corrected chi connectivity index (χ1v) is 14.8. The van der Waals surface area contributed by atoms with E-state index in [1.165, 1.54) is 24.8 Å². The van der Waals surface area contributed by atoms with E-state index in [9.17, 15) is 13.5 Å². The molecule has 33 heavy (non-hydrogen) atoms. The maximum Gasteiger partial charge on any atom is 0.178 e. The van der Waals surface area contributed by atoms with Gasteiger partial charge in [0.25, 0.3) is 0 Å². The topological polar surface area (TPSA) is 54.4 Å². The van der Waals surface area contributed by atoms with Crippen molar-refractivity contribution >= 4 is 9.84 Å². The third-order valence-electron chi connectivity index (χ3n) is 10.1. The largest absolute Gasteiger partial charge is 0.390 e. The molecule has 1 aromatic rings. The SMILES string of the molecule is CC[C@](C)(O)CC1=CC[C@@H]2[C@H](CC[C@]3(C)[C@@H]([C@H](C)CS(=O)(=O)c4ccccc4)CC[C@@H]23)[C@H]1C. The Bertz CT molecular complexity index is 964. The number of benzene rings is 1. The predicted octanol–water partition coefficient (Wildman–Crippen LogP) is 6.67. The zero-order valence-electron chi connectivity index (χ0n) is 21.3. The Morgan fingerprint density at radius 2 is 1.85 bits per heavy atom. The molecule has 0 aliphatic heterocycles. The van der Waals surface area contributed by atoms with Gasteiger partial charge in [0.05, 0.1) is 16.2 Å². The summed E-state index contributed by atoms with van der Waals surface area (Å²) in [7, 11) is -3.25. The van der Waals surface area contributed by atoms with Crippen LogP contribution >= 0.6 is 0 Å². The Balaban J connectivity index is 1.50. The van der Waals surface area contributed by atoms with E-state index in [1.807, 2.05) is 25.1 Å². The van der Waals surface area contributed by atoms with Crippen molar-refractivity contribution in [2.75, 3.05) is 5.75 Å². The molecular formula is C29H44O3S. The maximum atomic E-state index is 13.1. The molecular weight excluding hydrogens is 428 g/mol. The van der Waals surface area contributed by atoms with Crippen molar-refractivity contribution in [3.8, 4) is 0 Å². The zero-order chi connectivity index (χ0) is 24.0. The van der Waals surface area contributed by atoms with E-state index in [0.717, 1.165) is 25.7 Å². The minimum Gasteiger partial charge on any atom is -0.390 e. The van der Waals surface area contributed by atoms with Crippen LogP contribution in [0.4, 0.5) is 0 Å². The van der Waals surface area contributed by atoms with Crippen molar-refractivity contribution in [2.45, 2.75) is 90.1 Å². The van der Waals surface area contributed by atoms with E-state index in [4.69, 9.17) is 0 Å². The van der Waals surface area contributed by atoms with Crippen LogP contribution in [-0.2, 0) is 9.84 Å². The fourth-order valence-electron chi connectivity index (χ4n) is 7.98. The minimum atomic E-state index is -3.25. The van der Waals surface area contributed by atoms with Gasteiger partial charge in [0.1, 0.15) is 0 Å². The first-order chi connectivity index (χ1) is 15.5. The summed E-state index contributed by atoms with van der Waals surface area (Å²) in [6.45, 7) is 11.1. The Kier molecular flexibility index (Phi) is 6.92. The standard InChI is InChI=1S/C29H44O3S/c1-6-28(4,30)18-22-12-13-25-24(21(22)3)16-17-29(5)26(14-15-27(25)29)20(2)19-33(31,32)23-10-8-7-9-11-23/h7-12,20-21,24-27,30H,6,13-19H2,1-5H3/t20-,21+,24-,25-,26-,27+,28+,29-/m1/s1. The molecule has 0 saturated heterocycles. The zero-order valence-corrected chi connectivity index (χ0v) is 22.1. The summed E-state index contributed by atoms with van der Waals surface area (Å²) in [5.74, 6) is 3.55. The van der Waals surface area contributed by atoms with Crippen molar-refractivity contribution in [3.05, 3.63) is 42.0 Å². The van der Waals surface area contributed by atoms with Gasteiger partial charge in [-0.25, -0.2) is 8.42 Å². The third-order valence-corrected chi connectivity index (χ3v) is 12.0. The second-order valence-corrected chi connectivity index (χ2v) is 14.1. The first-order valence-electron chi connectivity index (χ1n) is 13.2. The molecule has 3 aliphatic rings. The van der Waals surface area contributed by atoms with E-state index in [1.54, 1.807) is 12.1 Å². The number of rotatable bonds is 7. The molecule has 0 aromatic heterocycles. The van der Waals surface area contributed by atoms with Crippen LogP contribution in [0.1, 0.15) is 79.6 Å². The maximum absolute atomic E-state index is 13.1. The quantitative estimate of drug-likeness (QED) is 0.451. The van der Waals surface area contributed by atoms with Gasteiger partial charge >= 0.3 is 0 Å². The molecule has 1 N–H and O–H groups in total. The van der Waals surface area contributed by atoms with Crippen LogP contribution in [0.3, 0.4) is 0 Å². The lowest BCUT2D eigenvalue weighted by Crippen LogP contribution is -2.46. The number of aliphatic hydroxyl groups is 1. The van der Waals surface area contributed by atoms with Crippen molar-refractivity contribution in [1.82, 2.24) is 0 Å². The lowest BCUT2D eigenvalue weighted by atomic mass is 9.52. The summed E-state index contributed by atoms with van der Waals surface area (Å²) in [6, 6.07) is 8.97. The van der Waals surface area contributed by atoms with Crippen LogP contribution in [0.25, 0.3) is 0 Å². The van der Waals surface area contributed by atoms with E-state index >= 15 is 0 Å². The van der Waals surface area contributed by atoms with E-state index in [2.05, 4.69) is 33.8 Å². The van der Waals surface area contributed by atoms with E-state index < -0.39 is 15.4 Å². The Morgan fingerprint density at radius 1 is 1.15 bits per heavy atom. The first kappa shape index (κ1) is 25.0. The van der Waals surface area contributed by atoms with Crippen LogP contribution < -0.4 is 0 Å². The number of fused-ring (bicyclic) bond motifs is 3. The average molecular weight is 473 g/mol. The number of hydrogen-bond donors (Lipinski definition) is 1. The molecule has 184 valence electrons. The molecule has 4 rings (SSSR count). The van der Waals surface area contributed by atoms with Gasteiger partial charge < -0.3 is 5.11 Å². The highest BCUT2D eigenvalue weighted by Gasteiger charge is 2.56. The molecule has 0 bridgehead atoms. The third kappa shape index (κ3) is 4.72. The summed E-state index contributed by atoms with van der Waals surface area (Å²) in [6.07, 6.45) is 10.0. The average Bonchev–Trinajstić information content (AvgIpc) is 3.13. The minimum absolute atomic E-state index is 0.175. The van der Waals surface area contributed by atoms with Gasteiger partial charge in [-0.05, 0) is 105 Å². The fraction of sp³-hybridized carbons (Fsp3) is 0.724. The fourth-order valence-corrected chi connectivity index (χ4v) is 9.67. The van der Waals surface area contributed by atoms with E-state index in [-0.39, 0.29) is 17.1 Å². The second-order valence-electron chi connectivity index (χ2n) is 12.1. The van der Waals surface area contributed by atoms with Gasteiger partial charge in [0.15, 0.2) is 9.84 Å². The molecule has 3 nitrogen and oxygen atoms in total. The Labute approximate surface area is 202 Å². The van der Waals surface area contributed by atoms with Gasteiger partial charge in [-0.2, -0.15) is 0 Å². The molecule has 2 fully saturated rings. The molecule has 3 aliphatic carbocycles. The number of hydrogen-bond acceptors (Lipinski definition) is 3. The molecule has 0 heterocycles. The van der Waals surface area contributed by atoms with Crippen molar-refractivity contribution < 1.29 is 13.5 Å². The van der Waals surface area contributed by atoms with Crippen LogP contribution in [0.15, 0.2) is 46.9 Å². The molecule has 0 radical (unpaired) electrons. The lowest BCUT2D eigenvalue weighted by molar-refractivity contribution is -0.0192. The summed E-state index contributed by atoms with van der Waals surface area (Å²) in [4.78, 5) is 0.460. The molecule has 8 atom stereocenters. The van der Waals surface area contributed by atoms with E-state index in [0.29, 0.717) is 34.5 Å². The summed E-state index contributed by atoms with van der Waals surface area (Å²) in [5.41, 5.74) is 1.10. The molecule has 0 amide bonds. The lowest BCUT2D eigenvalue weighted by Gasteiger charge is -2.53. The van der Waals surface area contributed by atoms with Crippen LogP contribution in [-0.4, -0.2) is 24.9 Å². The summed E-state index contributed by atoms with van der Waals surface area (Å²) in [5, 5.41) is 10.7. The predicted molar refractivity (Wildman–Crippen MR) is 136 cm³/mol. The highest BCUT2D eigenvalue weighted by molar-refractivity contribution is 7.91. The monoisotopic (exact) mass is 472 g/mol. The number of allylic oxidation sites excluding steroid dienone is 1. The van der Waals surface area contributed by atoms with Crippen LogP contribution in [0.5, 0.6) is 0 Å². The second kappa shape index (κ2) is 9.15. The normalized spacial score (nSPS) is 36.9. The Morgan fingerprint density at radius 3 is 2.52 bits per heavy atom. The molecule has 0 spiro atoms.